The number of anilines is 1. The number of hydrogen-bond acceptors (Lipinski definition) is 7. The lowest BCUT2D eigenvalue weighted by Gasteiger charge is -2.13. The van der Waals surface area contributed by atoms with Crippen LogP contribution in [0.1, 0.15) is 10.4 Å². The van der Waals surface area contributed by atoms with Crippen molar-refractivity contribution in [3.05, 3.63) is 40.9 Å². The number of methoxy groups -OCH3 is 3. The lowest BCUT2D eigenvalue weighted by atomic mass is 10.2. The SMILES string of the molecule is COc1ccc(C(=O)OCC(=O)Nc2cc(Cl)c(OC)cc2OC)c(O)c1. The molecule has 0 saturated heterocycles. The maximum atomic E-state index is 12.1. The Kier molecular flexibility index (Phi) is 6.73. The van der Waals surface area contributed by atoms with Crippen LogP contribution in [0, 0.1) is 0 Å². The minimum atomic E-state index is -0.856. The second kappa shape index (κ2) is 9.00. The maximum Gasteiger partial charge on any atom is 0.342 e. The molecule has 0 unspecified atom stereocenters. The molecule has 0 atom stereocenters. The summed E-state index contributed by atoms with van der Waals surface area (Å²) in [5.74, 6) is -0.703. The van der Waals surface area contributed by atoms with Crippen LogP contribution in [0.3, 0.4) is 0 Å². The highest BCUT2D eigenvalue weighted by Gasteiger charge is 2.17. The van der Waals surface area contributed by atoms with E-state index in [9.17, 15) is 14.7 Å². The first-order chi connectivity index (χ1) is 12.9. The normalized spacial score (nSPS) is 10.1. The number of benzene rings is 2. The molecule has 0 aliphatic rings. The van der Waals surface area contributed by atoms with Crippen LogP contribution in [0.2, 0.25) is 5.02 Å². The molecule has 0 bridgehead atoms. The van der Waals surface area contributed by atoms with Gasteiger partial charge in [0.05, 0.1) is 32.0 Å². The smallest absolute Gasteiger partial charge is 0.342 e. The predicted molar refractivity (Wildman–Crippen MR) is 98.1 cm³/mol. The number of esters is 1. The topological polar surface area (TPSA) is 103 Å². The average Bonchev–Trinajstić information content (AvgIpc) is 2.66. The first-order valence-electron chi connectivity index (χ1n) is 7.65. The highest BCUT2D eigenvalue weighted by molar-refractivity contribution is 6.32. The van der Waals surface area contributed by atoms with Gasteiger partial charge in [-0.05, 0) is 18.2 Å². The van der Waals surface area contributed by atoms with Gasteiger partial charge in [-0.2, -0.15) is 0 Å². The average molecular weight is 396 g/mol. The fraction of sp³-hybridized carbons (Fsp3) is 0.222. The van der Waals surface area contributed by atoms with E-state index in [0.29, 0.717) is 17.2 Å². The van der Waals surface area contributed by atoms with Crippen LogP contribution in [0.15, 0.2) is 30.3 Å². The molecule has 9 heteroatoms. The van der Waals surface area contributed by atoms with Gasteiger partial charge < -0.3 is 29.4 Å². The minimum absolute atomic E-state index is 0.0892. The Balaban J connectivity index is 2.02. The van der Waals surface area contributed by atoms with E-state index in [4.69, 9.17) is 30.5 Å². The molecule has 0 aliphatic carbocycles. The molecule has 2 aromatic carbocycles. The number of carbonyl (C=O) groups excluding carboxylic acids is 2. The Morgan fingerprint density at radius 3 is 2.33 bits per heavy atom. The van der Waals surface area contributed by atoms with Gasteiger partial charge in [0.25, 0.3) is 5.91 Å². The van der Waals surface area contributed by atoms with Crippen molar-refractivity contribution in [3.63, 3.8) is 0 Å². The van der Waals surface area contributed by atoms with Gasteiger partial charge in [-0.15, -0.1) is 0 Å². The summed E-state index contributed by atoms with van der Waals surface area (Å²) in [4.78, 5) is 24.1. The van der Waals surface area contributed by atoms with Crippen molar-refractivity contribution in [2.45, 2.75) is 0 Å². The summed E-state index contributed by atoms with van der Waals surface area (Å²) in [6.07, 6.45) is 0. The number of ether oxygens (including phenoxy) is 4. The van der Waals surface area contributed by atoms with Gasteiger partial charge in [0.2, 0.25) is 0 Å². The van der Waals surface area contributed by atoms with Gasteiger partial charge in [-0.3, -0.25) is 4.79 Å². The molecule has 2 N–H and O–H groups in total. The van der Waals surface area contributed by atoms with E-state index in [1.54, 1.807) is 0 Å². The number of hydrogen-bond donors (Lipinski definition) is 2. The molecule has 0 saturated carbocycles. The van der Waals surface area contributed by atoms with E-state index in [2.05, 4.69) is 5.32 Å². The molecule has 0 spiro atoms. The maximum absolute atomic E-state index is 12.1. The van der Waals surface area contributed by atoms with E-state index in [0.717, 1.165) is 0 Å². The molecule has 2 aromatic rings. The van der Waals surface area contributed by atoms with Crippen LogP contribution in [0.25, 0.3) is 0 Å². The quantitative estimate of drug-likeness (QED) is 0.694. The van der Waals surface area contributed by atoms with Crippen molar-refractivity contribution >= 4 is 29.2 Å². The van der Waals surface area contributed by atoms with Crippen molar-refractivity contribution in [1.29, 1.82) is 0 Å². The van der Waals surface area contributed by atoms with E-state index in [1.165, 1.54) is 51.7 Å². The van der Waals surface area contributed by atoms with Gasteiger partial charge in [0, 0.05) is 12.1 Å². The summed E-state index contributed by atoms with van der Waals surface area (Å²) in [6.45, 7) is -0.572. The van der Waals surface area contributed by atoms with Crippen LogP contribution in [-0.4, -0.2) is 44.9 Å². The number of nitrogens with one attached hydrogen (secondary N) is 1. The molecular formula is C18H18ClNO7. The standard InChI is InChI=1S/C18H18ClNO7/c1-24-10-4-5-11(14(21)6-10)18(23)27-9-17(22)20-13-7-12(19)15(25-2)8-16(13)26-3/h4-8,21H,9H2,1-3H3,(H,20,22). The summed E-state index contributed by atoms with van der Waals surface area (Å²) in [7, 11) is 4.30. The van der Waals surface area contributed by atoms with Crippen molar-refractivity contribution < 1.29 is 33.6 Å². The Hall–Kier alpha value is -3.13. The summed E-state index contributed by atoms with van der Waals surface area (Å²) >= 11 is 6.04. The number of phenols is 1. The molecular weight excluding hydrogens is 378 g/mol. The van der Waals surface area contributed by atoms with Gasteiger partial charge >= 0.3 is 5.97 Å². The zero-order valence-corrected chi connectivity index (χ0v) is 15.6. The third kappa shape index (κ3) is 4.95. The third-order valence-electron chi connectivity index (χ3n) is 3.51. The molecule has 0 radical (unpaired) electrons. The van der Waals surface area contributed by atoms with E-state index in [-0.39, 0.29) is 22.0 Å². The highest BCUT2D eigenvalue weighted by Crippen LogP contribution is 2.35. The predicted octanol–water partition coefficient (Wildman–Crippen LogP) is 2.87. The molecule has 0 aromatic heterocycles. The molecule has 27 heavy (non-hydrogen) atoms. The van der Waals surface area contributed by atoms with E-state index >= 15 is 0 Å². The van der Waals surface area contributed by atoms with Crippen molar-refractivity contribution in [1.82, 2.24) is 0 Å². The highest BCUT2D eigenvalue weighted by atomic mass is 35.5. The monoisotopic (exact) mass is 395 g/mol. The van der Waals surface area contributed by atoms with Gasteiger partial charge in [0.15, 0.2) is 6.61 Å². The van der Waals surface area contributed by atoms with Crippen LogP contribution in [0.5, 0.6) is 23.0 Å². The van der Waals surface area contributed by atoms with Crippen molar-refractivity contribution in [2.75, 3.05) is 33.3 Å². The van der Waals surface area contributed by atoms with Crippen molar-refractivity contribution in [3.8, 4) is 23.0 Å². The van der Waals surface area contributed by atoms with E-state index < -0.39 is 18.5 Å². The Morgan fingerprint density at radius 2 is 1.74 bits per heavy atom. The van der Waals surface area contributed by atoms with Crippen LogP contribution in [0.4, 0.5) is 5.69 Å². The first-order valence-corrected chi connectivity index (χ1v) is 8.03. The third-order valence-corrected chi connectivity index (χ3v) is 3.80. The molecule has 1 amide bonds. The Morgan fingerprint density at radius 1 is 1.04 bits per heavy atom. The van der Waals surface area contributed by atoms with E-state index in [1.807, 2.05) is 0 Å². The number of amides is 1. The number of rotatable bonds is 7. The number of aromatic hydroxyl groups is 1. The van der Waals surface area contributed by atoms with Crippen LogP contribution >= 0.6 is 11.6 Å². The molecule has 144 valence electrons. The molecule has 0 heterocycles. The summed E-state index contributed by atoms with van der Waals surface area (Å²) < 4.78 is 20.1. The zero-order chi connectivity index (χ0) is 20.0. The lowest BCUT2D eigenvalue weighted by molar-refractivity contribution is -0.119. The second-order valence-electron chi connectivity index (χ2n) is 5.19. The fourth-order valence-corrected chi connectivity index (χ4v) is 2.40. The minimum Gasteiger partial charge on any atom is -0.507 e. The summed E-state index contributed by atoms with van der Waals surface area (Å²) in [5, 5.41) is 12.6. The summed E-state index contributed by atoms with van der Waals surface area (Å²) in [5.41, 5.74) is 0.199. The molecule has 0 fully saturated rings. The number of phenolic OH excluding ortho intramolecular Hbond substituents is 1. The van der Waals surface area contributed by atoms with Gasteiger partial charge in [-0.25, -0.2) is 4.79 Å². The zero-order valence-electron chi connectivity index (χ0n) is 14.9. The second-order valence-corrected chi connectivity index (χ2v) is 5.60. The first kappa shape index (κ1) is 20.2. The number of carbonyl (C=O) groups is 2. The van der Waals surface area contributed by atoms with Gasteiger partial charge in [-0.1, -0.05) is 11.6 Å². The number of halogens is 1. The van der Waals surface area contributed by atoms with Crippen LogP contribution < -0.4 is 19.5 Å². The fourth-order valence-electron chi connectivity index (χ4n) is 2.16. The molecule has 8 nitrogen and oxygen atoms in total. The van der Waals surface area contributed by atoms with Crippen LogP contribution in [-0.2, 0) is 9.53 Å². The Bertz CT molecular complexity index is 854. The molecule has 2 rings (SSSR count). The lowest BCUT2D eigenvalue weighted by Crippen LogP contribution is -2.21. The Labute approximate surface area is 160 Å². The summed E-state index contributed by atoms with van der Waals surface area (Å²) in [6, 6.07) is 7.05. The molecule has 0 aliphatic heterocycles. The largest absolute Gasteiger partial charge is 0.507 e. The van der Waals surface area contributed by atoms with Gasteiger partial charge in [0.1, 0.15) is 28.6 Å². The van der Waals surface area contributed by atoms with Crippen molar-refractivity contribution in [2.24, 2.45) is 0 Å².